The fourth-order valence-electron chi connectivity index (χ4n) is 3.91. The second-order valence-electron chi connectivity index (χ2n) is 7.97. The number of hydrogen-bond donors (Lipinski definition) is 2. The minimum Gasteiger partial charge on any atom is -0.381 e. The maximum Gasteiger partial charge on any atom is 0.237 e. The first kappa shape index (κ1) is 19.3. The number of nitrogens with one attached hydrogen (secondary N) is 1. The van der Waals surface area contributed by atoms with E-state index in [-0.39, 0.29) is 11.8 Å². The maximum atomic E-state index is 12.4. The van der Waals surface area contributed by atoms with Crippen LogP contribution in [0.3, 0.4) is 0 Å². The van der Waals surface area contributed by atoms with E-state index >= 15 is 0 Å². The quantitative estimate of drug-likeness (QED) is 0.818. The molecule has 5 nitrogen and oxygen atoms in total. The number of carbonyl (C=O) groups is 1. The van der Waals surface area contributed by atoms with E-state index in [9.17, 15) is 4.79 Å². The van der Waals surface area contributed by atoms with Gasteiger partial charge in [0.1, 0.15) is 0 Å². The van der Waals surface area contributed by atoms with Crippen LogP contribution >= 0.6 is 0 Å². The number of rotatable bonds is 6. The molecule has 1 aromatic rings. The van der Waals surface area contributed by atoms with Crippen LogP contribution in [0.5, 0.6) is 0 Å². The van der Waals surface area contributed by atoms with Crippen LogP contribution in [0.15, 0.2) is 24.3 Å². The average molecular weight is 360 g/mol. The Bertz CT molecular complexity index is 578. The van der Waals surface area contributed by atoms with Crippen molar-refractivity contribution in [3.63, 3.8) is 0 Å². The van der Waals surface area contributed by atoms with E-state index in [4.69, 9.17) is 10.5 Å². The van der Waals surface area contributed by atoms with Crippen LogP contribution in [0.2, 0.25) is 0 Å². The summed E-state index contributed by atoms with van der Waals surface area (Å²) in [5.74, 6) is 1.04. The van der Waals surface area contributed by atoms with Gasteiger partial charge in [0.15, 0.2) is 0 Å². The molecule has 0 radical (unpaired) electrons. The first-order chi connectivity index (χ1) is 12.6. The summed E-state index contributed by atoms with van der Waals surface area (Å²) in [6, 6.07) is 8.11. The molecule has 26 heavy (non-hydrogen) atoms. The second kappa shape index (κ2) is 9.49. The van der Waals surface area contributed by atoms with E-state index in [2.05, 4.69) is 41.4 Å². The van der Waals surface area contributed by atoms with Crippen molar-refractivity contribution in [1.82, 2.24) is 10.2 Å². The minimum atomic E-state index is -0.433. The van der Waals surface area contributed by atoms with E-state index in [1.165, 1.54) is 31.5 Å². The van der Waals surface area contributed by atoms with Crippen molar-refractivity contribution in [3.8, 4) is 0 Å². The molecule has 0 saturated carbocycles. The Morgan fingerprint density at radius 1 is 1.23 bits per heavy atom. The molecule has 1 aromatic carbocycles. The van der Waals surface area contributed by atoms with Gasteiger partial charge in [0.05, 0.1) is 6.04 Å². The summed E-state index contributed by atoms with van der Waals surface area (Å²) in [5, 5.41) is 3.01. The molecule has 144 valence electrons. The minimum absolute atomic E-state index is 0.0488. The third-order valence-electron chi connectivity index (χ3n) is 5.82. The maximum absolute atomic E-state index is 12.4. The number of carbonyl (C=O) groups excluding carboxylic acids is 1. The molecule has 1 amide bonds. The van der Waals surface area contributed by atoms with Gasteiger partial charge in [-0.15, -0.1) is 0 Å². The Labute approximate surface area is 157 Å². The average Bonchev–Trinajstić information content (AvgIpc) is 2.68. The highest BCUT2D eigenvalue weighted by atomic mass is 16.5. The summed E-state index contributed by atoms with van der Waals surface area (Å²) in [7, 11) is 0. The summed E-state index contributed by atoms with van der Waals surface area (Å²) < 4.78 is 5.35. The smallest absolute Gasteiger partial charge is 0.237 e. The number of nitrogens with two attached hydrogens (primary N) is 1. The van der Waals surface area contributed by atoms with E-state index < -0.39 is 6.04 Å². The first-order valence-corrected chi connectivity index (χ1v) is 10.0. The molecule has 2 saturated heterocycles. The van der Waals surface area contributed by atoms with Gasteiger partial charge in [-0.2, -0.15) is 0 Å². The number of piperidine rings is 1. The van der Waals surface area contributed by atoms with E-state index in [1.807, 2.05) is 0 Å². The highest BCUT2D eigenvalue weighted by Crippen LogP contribution is 2.19. The largest absolute Gasteiger partial charge is 0.381 e. The van der Waals surface area contributed by atoms with Gasteiger partial charge in [-0.1, -0.05) is 31.2 Å². The number of ether oxygens (including phenoxy) is 1. The van der Waals surface area contributed by atoms with Crippen LogP contribution in [0.25, 0.3) is 0 Å². The SMILES string of the molecule is CC1CCN(Cc2cccc(CNC(=O)C(N)C3CCOCC3)c2)CC1. The fourth-order valence-corrected chi connectivity index (χ4v) is 3.91. The van der Waals surface area contributed by atoms with Crippen molar-refractivity contribution >= 4 is 5.91 Å². The Balaban J connectivity index is 1.48. The van der Waals surface area contributed by atoms with Crippen LogP contribution < -0.4 is 11.1 Å². The zero-order chi connectivity index (χ0) is 18.4. The summed E-state index contributed by atoms with van der Waals surface area (Å²) >= 11 is 0. The van der Waals surface area contributed by atoms with Crippen LogP contribution in [-0.4, -0.2) is 43.2 Å². The molecular weight excluding hydrogens is 326 g/mol. The monoisotopic (exact) mass is 359 g/mol. The molecule has 2 fully saturated rings. The molecule has 0 aromatic heterocycles. The second-order valence-corrected chi connectivity index (χ2v) is 7.97. The van der Waals surface area contributed by atoms with Gasteiger partial charge in [0.2, 0.25) is 5.91 Å². The Morgan fingerprint density at radius 2 is 1.92 bits per heavy atom. The Kier molecular flexibility index (Phi) is 7.06. The Hall–Kier alpha value is -1.43. The van der Waals surface area contributed by atoms with Gasteiger partial charge in [-0.25, -0.2) is 0 Å². The number of benzene rings is 1. The lowest BCUT2D eigenvalue weighted by Gasteiger charge is -2.30. The normalized spacial score (nSPS) is 21.5. The summed E-state index contributed by atoms with van der Waals surface area (Å²) in [5.41, 5.74) is 8.61. The number of amides is 1. The topological polar surface area (TPSA) is 67.6 Å². The Morgan fingerprint density at radius 3 is 2.65 bits per heavy atom. The van der Waals surface area contributed by atoms with Gasteiger partial charge < -0.3 is 15.8 Å². The van der Waals surface area contributed by atoms with Gasteiger partial charge in [-0.05, 0) is 61.7 Å². The summed E-state index contributed by atoms with van der Waals surface area (Å²) in [6.45, 7) is 7.67. The van der Waals surface area contributed by atoms with Gasteiger partial charge in [0, 0.05) is 26.3 Å². The van der Waals surface area contributed by atoms with Crippen molar-refractivity contribution in [2.24, 2.45) is 17.6 Å². The molecule has 0 spiro atoms. The highest BCUT2D eigenvalue weighted by Gasteiger charge is 2.26. The molecule has 2 aliphatic rings. The lowest BCUT2D eigenvalue weighted by molar-refractivity contribution is -0.124. The van der Waals surface area contributed by atoms with Crippen molar-refractivity contribution in [3.05, 3.63) is 35.4 Å². The van der Waals surface area contributed by atoms with E-state index in [1.54, 1.807) is 0 Å². The first-order valence-electron chi connectivity index (χ1n) is 10.0. The van der Waals surface area contributed by atoms with Crippen molar-refractivity contribution in [2.75, 3.05) is 26.3 Å². The van der Waals surface area contributed by atoms with Crippen molar-refractivity contribution < 1.29 is 9.53 Å². The predicted octanol–water partition coefficient (Wildman–Crippen LogP) is 2.29. The molecule has 3 rings (SSSR count). The highest BCUT2D eigenvalue weighted by molar-refractivity contribution is 5.81. The molecule has 3 N–H and O–H groups in total. The van der Waals surface area contributed by atoms with Crippen LogP contribution in [-0.2, 0) is 22.6 Å². The summed E-state index contributed by atoms with van der Waals surface area (Å²) in [6.07, 6.45) is 4.33. The number of likely N-dealkylation sites (tertiary alicyclic amines) is 1. The fraction of sp³-hybridized carbons (Fsp3) is 0.667. The summed E-state index contributed by atoms with van der Waals surface area (Å²) in [4.78, 5) is 14.9. The predicted molar refractivity (Wildman–Crippen MR) is 103 cm³/mol. The van der Waals surface area contributed by atoms with Crippen molar-refractivity contribution in [1.29, 1.82) is 0 Å². The van der Waals surface area contributed by atoms with Crippen LogP contribution in [0.4, 0.5) is 0 Å². The van der Waals surface area contributed by atoms with E-state index in [0.717, 1.165) is 30.9 Å². The molecule has 0 aliphatic carbocycles. The molecule has 5 heteroatoms. The van der Waals surface area contributed by atoms with Gasteiger partial charge in [0.25, 0.3) is 0 Å². The zero-order valence-corrected chi connectivity index (χ0v) is 16.0. The van der Waals surface area contributed by atoms with Crippen molar-refractivity contribution in [2.45, 2.75) is 51.7 Å². The lowest BCUT2D eigenvalue weighted by atomic mass is 9.92. The van der Waals surface area contributed by atoms with Gasteiger partial charge >= 0.3 is 0 Å². The third-order valence-corrected chi connectivity index (χ3v) is 5.82. The molecule has 0 bridgehead atoms. The van der Waals surface area contributed by atoms with Gasteiger partial charge in [-0.3, -0.25) is 9.69 Å². The molecule has 2 aliphatic heterocycles. The molecular formula is C21H33N3O2. The van der Waals surface area contributed by atoms with E-state index in [0.29, 0.717) is 19.8 Å². The number of hydrogen-bond acceptors (Lipinski definition) is 4. The third kappa shape index (κ3) is 5.53. The molecule has 1 unspecified atom stereocenters. The van der Waals surface area contributed by atoms with Crippen LogP contribution in [0, 0.1) is 11.8 Å². The standard InChI is InChI=1S/C21H33N3O2/c1-16-5-9-24(10-6-16)15-18-4-2-3-17(13-18)14-23-21(25)20(22)19-7-11-26-12-8-19/h2-4,13,16,19-20H,5-12,14-15,22H2,1H3,(H,23,25). The number of nitrogens with zero attached hydrogens (tertiary/aromatic N) is 1. The van der Waals surface area contributed by atoms with Crippen LogP contribution in [0.1, 0.15) is 43.7 Å². The lowest BCUT2D eigenvalue weighted by Crippen LogP contribution is -2.46. The molecule has 2 heterocycles. The zero-order valence-electron chi connectivity index (χ0n) is 16.0. The molecule has 1 atom stereocenters.